The molecule has 0 fully saturated rings. The topological polar surface area (TPSA) is 55.4 Å². The van der Waals surface area contributed by atoms with Crippen LogP contribution in [0, 0.1) is 0 Å². The lowest BCUT2D eigenvalue weighted by Gasteiger charge is -2.09. The Morgan fingerprint density at radius 3 is 2.55 bits per heavy atom. The van der Waals surface area contributed by atoms with Crippen molar-refractivity contribution in [3.05, 3.63) is 87.9 Å². The summed E-state index contributed by atoms with van der Waals surface area (Å²) in [7, 11) is 1.55. The Hall–Kier alpha value is -2.47. The third-order valence-corrected chi connectivity index (χ3v) is 5.57. The number of hydrogen-bond acceptors (Lipinski definition) is 4. The summed E-state index contributed by atoms with van der Waals surface area (Å²) in [6, 6.07) is 19.0. The quantitative estimate of drug-likeness (QED) is 0.345. The fourth-order valence-corrected chi connectivity index (χ4v) is 3.93. The maximum atomic E-state index is 12.5. The molecular weight excluding hydrogens is 429 g/mol. The number of thioether (sulfide) groups is 1. The monoisotopic (exact) mass is 445 g/mol. The molecule has 0 aliphatic rings. The zero-order chi connectivity index (χ0) is 20.8. The Bertz CT molecular complexity index is 1060. The Kier molecular flexibility index (Phi) is 7.20. The molecular formula is C22H17Cl2NO3S. The third-order valence-electron chi connectivity index (χ3n) is 4.03. The van der Waals surface area contributed by atoms with E-state index in [9.17, 15) is 9.59 Å². The molecule has 0 heterocycles. The van der Waals surface area contributed by atoms with Gasteiger partial charge in [-0.2, -0.15) is 0 Å². The first-order chi connectivity index (χ1) is 14.0. The highest BCUT2D eigenvalue weighted by molar-refractivity contribution is 8.00. The molecule has 0 aliphatic heterocycles. The predicted octanol–water partition coefficient (Wildman–Crippen LogP) is 6.23. The number of halogens is 2. The number of benzene rings is 3. The molecule has 0 saturated heterocycles. The molecule has 3 aromatic carbocycles. The number of methoxy groups -OCH3 is 1. The number of rotatable bonds is 7. The standard InChI is InChI=1S/C22H17Cl2NO3S/c1-28-17-6-2-4-14(10-17)22(27)25-16-5-3-7-18(12-16)29-13-21(26)19-9-8-15(23)11-20(19)24/h2-12H,13H2,1H3,(H,25,27). The third kappa shape index (κ3) is 5.76. The number of ether oxygens (including phenoxy) is 1. The largest absolute Gasteiger partial charge is 0.497 e. The summed E-state index contributed by atoms with van der Waals surface area (Å²) < 4.78 is 5.15. The summed E-state index contributed by atoms with van der Waals surface area (Å²) in [5, 5.41) is 3.68. The first-order valence-electron chi connectivity index (χ1n) is 8.63. The number of anilines is 1. The number of ketones is 1. The highest BCUT2D eigenvalue weighted by atomic mass is 35.5. The number of carbonyl (C=O) groups is 2. The summed E-state index contributed by atoms with van der Waals surface area (Å²) in [4.78, 5) is 25.7. The van der Waals surface area contributed by atoms with Gasteiger partial charge in [-0.05, 0) is 54.6 Å². The van der Waals surface area contributed by atoms with Gasteiger partial charge in [0.25, 0.3) is 5.91 Å². The van der Waals surface area contributed by atoms with Crippen molar-refractivity contribution >= 4 is 52.3 Å². The smallest absolute Gasteiger partial charge is 0.255 e. The number of amides is 1. The minimum Gasteiger partial charge on any atom is -0.497 e. The van der Waals surface area contributed by atoms with Gasteiger partial charge in [0.05, 0.1) is 17.9 Å². The van der Waals surface area contributed by atoms with Crippen molar-refractivity contribution in [2.75, 3.05) is 18.2 Å². The second kappa shape index (κ2) is 9.83. The van der Waals surface area contributed by atoms with Crippen LogP contribution in [0.5, 0.6) is 5.75 Å². The first kappa shape index (κ1) is 21.2. The highest BCUT2D eigenvalue weighted by Gasteiger charge is 2.12. The summed E-state index contributed by atoms with van der Waals surface area (Å²) >= 11 is 13.3. The average molecular weight is 446 g/mol. The molecule has 4 nitrogen and oxygen atoms in total. The summed E-state index contributed by atoms with van der Waals surface area (Å²) in [6.07, 6.45) is 0. The minimum absolute atomic E-state index is 0.0949. The van der Waals surface area contributed by atoms with E-state index in [-0.39, 0.29) is 17.4 Å². The van der Waals surface area contributed by atoms with Crippen LogP contribution in [-0.2, 0) is 0 Å². The summed E-state index contributed by atoms with van der Waals surface area (Å²) in [5.74, 6) is 0.494. The molecule has 0 radical (unpaired) electrons. The summed E-state index contributed by atoms with van der Waals surface area (Å²) in [6.45, 7) is 0. The average Bonchev–Trinajstić information content (AvgIpc) is 2.72. The van der Waals surface area contributed by atoms with Crippen molar-refractivity contribution in [3.63, 3.8) is 0 Å². The normalized spacial score (nSPS) is 10.4. The van der Waals surface area contributed by atoms with Crippen LogP contribution in [0.25, 0.3) is 0 Å². The fraction of sp³-hybridized carbons (Fsp3) is 0.0909. The van der Waals surface area contributed by atoms with Crippen LogP contribution >= 0.6 is 35.0 Å². The zero-order valence-electron chi connectivity index (χ0n) is 15.4. The Labute approximate surface area is 183 Å². The molecule has 0 unspecified atom stereocenters. The van der Waals surface area contributed by atoms with Gasteiger partial charge in [0, 0.05) is 26.7 Å². The van der Waals surface area contributed by atoms with E-state index in [4.69, 9.17) is 27.9 Å². The maximum absolute atomic E-state index is 12.5. The molecule has 0 aromatic heterocycles. The van der Waals surface area contributed by atoms with Gasteiger partial charge >= 0.3 is 0 Å². The van der Waals surface area contributed by atoms with Crippen LogP contribution in [0.15, 0.2) is 71.6 Å². The van der Waals surface area contributed by atoms with Crippen LogP contribution in [0.3, 0.4) is 0 Å². The Morgan fingerprint density at radius 2 is 1.79 bits per heavy atom. The molecule has 0 spiro atoms. The number of nitrogens with one attached hydrogen (secondary N) is 1. The molecule has 148 valence electrons. The van der Waals surface area contributed by atoms with Gasteiger partial charge in [0.1, 0.15) is 5.75 Å². The number of Topliss-reactive ketones (excluding diaryl/α,β-unsaturated/α-hetero) is 1. The second-order valence-electron chi connectivity index (χ2n) is 6.05. The lowest BCUT2D eigenvalue weighted by atomic mass is 10.1. The van der Waals surface area contributed by atoms with Crippen molar-refractivity contribution < 1.29 is 14.3 Å². The second-order valence-corrected chi connectivity index (χ2v) is 7.94. The van der Waals surface area contributed by atoms with Crippen molar-refractivity contribution in [2.24, 2.45) is 0 Å². The minimum atomic E-state index is -0.241. The van der Waals surface area contributed by atoms with E-state index in [1.807, 2.05) is 18.2 Å². The lowest BCUT2D eigenvalue weighted by molar-refractivity contribution is 0.101. The zero-order valence-corrected chi connectivity index (χ0v) is 17.8. The van der Waals surface area contributed by atoms with E-state index in [0.29, 0.717) is 32.6 Å². The van der Waals surface area contributed by atoms with Gasteiger partial charge in [0.15, 0.2) is 5.78 Å². The fourth-order valence-electron chi connectivity index (χ4n) is 2.57. The molecule has 3 aromatic rings. The molecule has 0 bridgehead atoms. The summed E-state index contributed by atoms with van der Waals surface area (Å²) in [5.41, 5.74) is 1.57. The molecule has 0 aliphatic carbocycles. The Morgan fingerprint density at radius 1 is 1.00 bits per heavy atom. The molecule has 1 amide bonds. The van der Waals surface area contributed by atoms with Crippen molar-refractivity contribution in [1.82, 2.24) is 0 Å². The maximum Gasteiger partial charge on any atom is 0.255 e. The number of hydrogen-bond donors (Lipinski definition) is 1. The van der Waals surface area contributed by atoms with Crippen LogP contribution in [-0.4, -0.2) is 24.6 Å². The van der Waals surface area contributed by atoms with Crippen molar-refractivity contribution in [2.45, 2.75) is 4.90 Å². The van der Waals surface area contributed by atoms with Crippen LogP contribution in [0.1, 0.15) is 20.7 Å². The van der Waals surface area contributed by atoms with Crippen molar-refractivity contribution in [3.8, 4) is 5.75 Å². The van der Waals surface area contributed by atoms with Gasteiger partial charge in [-0.15, -0.1) is 11.8 Å². The molecule has 3 rings (SSSR count). The van der Waals surface area contributed by atoms with Gasteiger partial charge in [0.2, 0.25) is 0 Å². The van der Waals surface area contributed by atoms with E-state index < -0.39 is 0 Å². The molecule has 29 heavy (non-hydrogen) atoms. The van der Waals surface area contributed by atoms with Crippen molar-refractivity contribution in [1.29, 1.82) is 0 Å². The van der Waals surface area contributed by atoms with E-state index >= 15 is 0 Å². The van der Waals surface area contributed by atoms with Gasteiger partial charge in [-0.1, -0.05) is 35.3 Å². The van der Waals surface area contributed by atoms with Gasteiger partial charge < -0.3 is 10.1 Å². The van der Waals surface area contributed by atoms with E-state index in [2.05, 4.69) is 5.32 Å². The number of carbonyl (C=O) groups excluding carboxylic acids is 2. The van der Waals surface area contributed by atoms with Crippen LogP contribution in [0.2, 0.25) is 10.0 Å². The van der Waals surface area contributed by atoms with E-state index in [1.165, 1.54) is 11.8 Å². The predicted molar refractivity (Wildman–Crippen MR) is 119 cm³/mol. The molecule has 1 N–H and O–H groups in total. The molecule has 0 atom stereocenters. The molecule has 0 saturated carbocycles. The lowest BCUT2D eigenvalue weighted by Crippen LogP contribution is -2.11. The van der Waals surface area contributed by atoms with Gasteiger partial charge in [-0.3, -0.25) is 9.59 Å². The Balaban J connectivity index is 1.64. The highest BCUT2D eigenvalue weighted by Crippen LogP contribution is 2.26. The first-order valence-corrected chi connectivity index (χ1v) is 10.4. The van der Waals surface area contributed by atoms with E-state index in [1.54, 1.807) is 55.6 Å². The van der Waals surface area contributed by atoms with E-state index in [0.717, 1.165) is 4.90 Å². The SMILES string of the molecule is COc1cccc(C(=O)Nc2cccc(SCC(=O)c3ccc(Cl)cc3Cl)c2)c1. The van der Waals surface area contributed by atoms with Gasteiger partial charge in [-0.25, -0.2) is 0 Å². The van der Waals surface area contributed by atoms with Crippen LogP contribution < -0.4 is 10.1 Å². The molecule has 7 heteroatoms. The van der Waals surface area contributed by atoms with Crippen LogP contribution in [0.4, 0.5) is 5.69 Å².